The summed E-state index contributed by atoms with van der Waals surface area (Å²) >= 11 is 0. The Morgan fingerprint density at radius 1 is 1.12 bits per heavy atom. The summed E-state index contributed by atoms with van der Waals surface area (Å²) in [5, 5.41) is 2.71. The van der Waals surface area contributed by atoms with Gasteiger partial charge in [0, 0.05) is 5.69 Å². The van der Waals surface area contributed by atoms with Gasteiger partial charge < -0.3 is 15.1 Å². The molecule has 2 N–H and O–H groups in total. The zero-order valence-electron chi connectivity index (χ0n) is 14.8. The number of nitrogens with one attached hydrogen (secondary N) is 2. The van der Waals surface area contributed by atoms with Crippen LogP contribution in [0.3, 0.4) is 0 Å². The van der Waals surface area contributed by atoms with Crippen LogP contribution < -0.4 is 15.1 Å². The largest absolute Gasteiger partial charge is 0.360 e. The summed E-state index contributed by atoms with van der Waals surface area (Å²) in [4.78, 5) is 16.1. The van der Waals surface area contributed by atoms with E-state index in [0.717, 1.165) is 26.2 Å². The highest BCUT2D eigenvalue weighted by Gasteiger charge is 2.29. The lowest BCUT2D eigenvalue weighted by Gasteiger charge is -2.36. The first kappa shape index (κ1) is 17.4. The van der Waals surface area contributed by atoms with Crippen molar-refractivity contribution in [2.75, 3.05) is 36.4 Å². The Morgan fingerprint density at radius 2 is 1.76 bits per heavy atom. The summed E-state index contributed by atoms with van der Waals surface area (Å²) in [5.41, 5.74) is 2.79. The van der Waals surface area contributed by atoms with Gasteiger partial charge in [-0.1, -0.05) is 30.3 Å². The van der Waals surface area contributed by atoms with E-state index >= 15 is 0 Å². The van der Waals surface area contributed by atoms with E-state index < -0.39 is 5.82 Å². The monoisotopic (exact) mass is 342 g/mol. The van der Waals surface area contributed by atoms with Crippen molar-refractivity contribution < 1.29 is 14.1 Å². The van der Waals surface area contributed by atoms with Gasteiger partial charge in [0.1, 0.15) is 5.82 Å². The highest BCUT2D eigenvalue weighted by Crippen LogP contribution is 2.19. The number of carbonyl (C=O) groups is 1. The Kier molecular flexibility index (Phi) is 5.34. The van der Waals surface area contributed by atoms with Gasteiger partial charge >= 0.3 is 0 Å². The lowest BCUT2D eigenvalue weighted by Crippen LogP contribution is -3.19. The number of carbonyl (C=O) groups excluding carboxylic acids is 1. The fourth-order valence-electron chi connectivity index (χ4n) is 3.38. The number of hydrogen-bond acceptors (Lipinski definition) is 2. The Labute approximate surface area is 148 Å². The van der Waals surface area contributed by atoms with Crippen molar-refractivity contribution in [2.45, 2.75) is 19.9 Å². The van der Waals surface area contributed by atoms with E-state index in [-0.39, 0.29) is 17.6 Å². The molecule has 0 bridgehead atoms. The average Bonchev–Trinajstić information content (AvgIpc) is 2.63. The second kappa shape index (κ2) is 7.66. The number of anilines is 2. The van der Waals surface area contributed by atoms with Crippen LogP contribution in [0, 0.1) is 12.7 Å². The van der Waals surface area contributed by atoms with Gasteiger partial charge in [0.2, 0.25) is 0 Å². The predicted molar refractivity (Wildman–Crippen MR) is 98.6 cm³/mol. The molecule has 0 unspecified atom stereocenters. The number of piperazine rings is 1. The maximum absolute atomic E-state index is 13.7. The molecule has 1 fully saturated rings. The highest BCUT2D eigenvalue weighted by atomic mass is 19.1. The average molecular weight is 342 g/mol. The third kappa shape index (κ3) is 3.99. The number of aryl methyl sites for hydroxylation is 1. The molecule has 3 rings (SSSR count). The summed E-state index contributed by atoms with van der Waals surface area (Å²) in [6, 6.07) is 14.5. The summed E-state index contributed by atoms with van der Waals surface area (Å²) < 4.78 is 13.7. The quantitative estimate of drug-likeness (QED) is 0.890. The van der Waals surface area contributed by atoms with Crippen LogP contribution in [0.1, 0.15) is 12.5 Å². The maximum atomic E-state index is 13.7. The topological polar surface area (TPSA) is 36.8 Å². The van der Waals surface area contributed by atoms with Crippen molar-refractivity contribution in [1.82, 2.24) is 0 Å². The first-order chi connectivity index (χ1) is 12.1. The van der Waals surface area contributed by atoms with E-state index in [0.29, 0.717) is 0 Å². The summed E-state index contributed by atoms with van der Waals surface area (Å²) in [7, 11) is 0. The zero-order valence-corrected chi connectivity index (χ0v) is 14.8. The predicted octanol–water partition coefficient (Wildman–Crippen LogP) is 1.87. The smallest absolute Gasteiger partial charge is 0.282 e. The molecule has 2 aromatic carbocycles. The normalized spacial score (nSPS) is 16.5. The van der Waals surface area contributed by atoms with Gasteiger partial charge in [-0.05, 0) is 37.6 Å². The molecule has 1 amide bonds. The van der Waals surface area contributed by atoms with Crippen LogP contribution in [0.25, 0.3) is 0 Å². The number of hydrogen-bond donors (Lipinski definition) is 2. The minimum atomic E-state index is -0.401. The summed E-state index contributed by atoms with van der Waals surface area (Å²) in [6.45, 7) is 7.64. The third-order valence-corrected chi connectivity index (χ3v) is 5.00. The highest BCUT2D eigenvalue weighted by molar-refractivity contribution is 5.93. The number of benzene rings is 2. The number of rotatable bonds is 4. The number of para-hydroxylation sites is 2. The fourth-order valence-corrected chi connectivity index (χ4v) is 3.38. The molecular weight excluding hydrogens is 317 g/mol. The van der Waals surface area contributed by atoms with E-state index in [1.54, 1.807) is 18.2 Å². The zero-order chi connectivity index (χ0) is 17.8. The lowest BCUT2D eigenvalue weighted by atomic mass is 10.1. The standard InChI is InChI=1S/C20H24FN3O/c1-15-7-3-6-10-19(15)24-13-11-23(12-14-24)16(2)20(25)22-18-9-5-4-8-17(18)21/h3-10,16H,11-14H2,1-2H3,(H,22,25)/p+1/t16-/m0/s1. The van der Waals surface area contributed by atoms with Gasteiger partial charge in [0.15, 0.2) is 6.04 Å². The van der Waals surface area contributed by atoms with Crippen molar-refractivity contribution in [2.24, 2.45) is 0 Å². The molecule has 1 atom stereocenters. The Hall–Kier alpha value is -2.40. The molecule has 0 aromatic heterocycles. The van der Waals surface area contributed by atoms with E-state index in [4.69, 9.17) is 0 Å². The Balaban J connectivity index is 1.58. The van der Waals surface area contributed by atoms with Crippen molar-refractivity contribution in [3.8, 4) is 0 Å². The molecule has 1 heterocycles. The van der Waals surface area contributed by atoms with E-state index in [1.165, 1.54) is 22.2 Å². The van der Waals surface area contributed by atoms with Crippen LogP contribution in [0.4, 0.5) is 15.8 Å². The van der Waals surface area contributed by atoms with E-state index in [2.05, 4.69) is 41.4 Å². The minimum absolute atomic E-state index is 0.135. The number of amides is 1. The molecule has 1 aliphatic heterocycles. The Morgan fingerprint density at radius 3 is 2.44 bits per heavy atom. The van der Waals surface area contributed by atoms with Crippen LogP contribution in [0.2, 0.25) is 0 Å². The summed E-state index contributed by atoms with van der Waals surface area (Å²) in [6.07, 6.45) is 0. The van der Waals surface area contributed by atoms with Crippen LogP contribution >= 0.6 is 0 Å². The van der Waals surface area contributed by atoms with Gasteiger partial charge in [-0.25, -0.2) is 4.39 Å². The molecule has 1 saturated heterocycles. The van der Waals surface area contributed by atoms with Gasteiger partial charge in [-0.15, -0.1) is 0 Å². The number of nitrogens with zero attached hydrogens (tertiary/aromatic N) is 1. The second-order valence-corrected chi connectivity index (χ2v) is 6.62. The first-order valence-electron chi connectivity index (χ1n) is 8.77. The molecule has 0 spiro atoms. The van der Waals surface area contributed by atoms with E-state index in [9.17, 15) is 9.18 Å². The molecule has 1 aliphatic rings. The molecule has 5 heteroatoms. The number of quaternary nitrogens is 1. The van der Waals surface area contributed by atoms with Crippen LogP contribution in [0.5, 0.6) is 0 Å². The molecule has 25 heavy (non-hydrogen) atoms. The molecule has 0 aliphatic carbocycles. The van der Waals surface area contributed by atoms with Gasteiger partial charge in [-0.3, -0.25) is 4.79 Å². The second-order valence-electron chi connectivity index (χ2n) is 6.62. The molecule has 4 nitrogen and oxygen atoms in total. The van der Waals surface area contributed by atoms with E-state index in [1.807, 2.05) is 6.92 Å². The fraction of sp³-hybridized carbons (Fsp3) is 0.350. The molecule has 2 aromatic rings. The third-order valence-electron chi connectivity index (χ3n) is 5.00. The molecule has 0 saturated carbocycles. The van der Waals surface area contributed by atoms with Crippen molar-refractivity contribution in [3.63, 3.8) is 0 Å². The lowest BCUT2D eigenvalue weighted by molar-refractivity contribution is -0.914. The van der Waals surface area contributed by atoms with Crippen molar-refractivity contribution >= 4 is 17.3 Å². The maximum Gasteiger partial charge on any atom is 0.282 e. The SMILES string of the molecule is Cc1ccccc1N1CC[NH+]([C@@H](C)C(=O)Nc2ccccc2F)CC1. The van der Waals surface area contributed by atoms with Crippen molar-refractivity contribution in [3.05, 3.63) is 59.9 Å². The summed E-state index contributed by atoms with van der Waals surface area (Å²) in [5.74, 6) is -0.535. The Bertz CT molecular complexity index is 741. The number of halogens is 1. The van der Waals surface area contributed by atoms with Crippen molar-refractivity contribution in [1.29, 1.82) is 0 Å². The van der Waals surface area contributed by atoms with Gasteiger partial charge in [0.25, 0.3) is 5.91 Å². The first-order valence-corrected chi connectivity index (χ1v) is 8.77. The molecule has 132 valence electrons. The van der Waals surface area contributed by atoms with Gasteiger partial charge in [-0.2, -0.15) is 0 Å². The molecular formula is C20H25FN3O+. The van der Waals surface area contributed by atoms with Gasteiger partial charge in [0.05, 0.1) is 31.9 Å². The van der Waals surface area contributed by atoms with Crippen LogP contribution in [-0.4, -0.2) is 38.1 Å². The molecule has 0 radical (unpaired) electrons. The van der Waals surface area contributed by atoms with Crippen LogP contribution in [-0.2, 0) is 4.79 Å². The minimum Gasteiger partial charge on any atom is -0.360 e. The van der Waals surface area contributed by atoms with Crippen LogP contribution in [0.15, 0.2) is 48.5 Å².